The predicted molar refractivity (Wildman–Crippen MR) is 127 cm³/mol. The van der Waals surface area contributed by atoms with Gasteiger partial charge in [-0.2, -0.15) is 4.31 Å². The smallest absolute Gasteiger partial charge is 0.340 e. The van der Waals surface area contributed by atoms with Gasteiger partial charge in [0.05, 0.1) is 17.0 Å². The summed E-state index contributed by atoms with van der Waals surface area (Å²) < 4.78 is 32.6. The van der Waals surface area contributed by atoms with E-state index in [-0.39, 0.29) is 17.0 Å². The highest BCUT2D eigenvalue weighted by Gasteiger charge is 2.30. The molecule has 0 radical (unpaired) electrons. The molecule has 1 N–H and O–H groups in total. The molecule has 0 saturated carbocycles. The zero-order valence-corrected chi connectivity index (χ0v) is 20.1. The number of ether oxygens (including phenoxy) is 1. The number of hydrogen-bond donors (Lipinski definition) is 1. The molecule has 34 heavy (non-hydrogen) atoms. The van der Waals surface area contributed by atoms with E-state index in [0.29, 0.717) is 18.8 Å². The van der Waals surface area contributed by atoms with E-state index in [1.807, 2.05) is 19.1 Å². The van der Waals surface area contributed by atoms with Gasteiger partial charge in [-0.25, -0.2) is 13.2 Å². The van der Waals surface area contributed by atoms with Crippen molar-refractivity contribution in [2.75, 3.05) is 38.6 Å². The number of esters is 1. The van der Waals surface area contributed by atoms with Crippen LogP contribution < -0.4 is 5.32 Å². The number of likely N-dealkylation sites (N-methyl/N-ethyl adjacent to an activating group) is 1. The Morgan fingerprint density at radius 1 is 1.00 bits per heavy atom. The molecule has 9 nitrogen and oxygen atoms in total. The van der Waals surface area contributed by atoms with Crippen molar-refractivity contribution < 1.29 is 27.5 Å². The highest BCUT2D eigenvalue weighted by atomic mass is 32.2. The van der Waals surface area contributed by atoms with E-state index >= 15 is 0 Å². The van der Waals surface area contributed by atoms with E-state index in [1.165, 1.54) is 29.6 Å². The number of nitrogens with zero attached hydrogens (tertiary/aromatic N) is 2. The second-order valence-corrected chi connectivity index (χ2v) is 10.1. The third-order valence-electron chi connectivity index (χ3n) is 5.51. The van der Waals surface area contributed by atoms with Crippen LogP contribution in [0.5, 0.6) is 0 Å². The average Bonchev–Trinajstić information content (AvgIpc) is 2.84. The van der Waals surface area contributed by atoms with Crippen molar-refractivity contribution in [2.24, 2.45) is 0 Å². The van der Waals surface area contributed by atoms with Crippen LogP contribution in [0.25, 0.3) is 0 Å². The van der Waals surface area contributed by atoms with Crippen LogP contribution in [0.2, 0.25) is 0 Å². The molecule has 10 heteroatoms. The minimum absolute atomic E-state index is 0.124. The minimum Gasteiger partial charge on any atom is -0.452 e. The van der Waals surface area contributed by atoms with Gasteiger partial charge in [0.2, 0.25) is 15.9 Å². The molecular formula is C24H29N3O6S. The standard InChI is InChI=1S/C24H29N3O6S/c1-18-10-12-19(13-11-18)25-22(28)16-26(2)23(29)17-33-24(30)20-8-4-5-9-21(20)34(31,32)27-14-6-3-7-15-27/h4-5,8-13H,3,6-7,14-17H2,1-2H3,(H,25,28). The number of amides is 2. The topological polar surface area (TPSA) is 113 Å². The maximum Gasteiger partial charge on any atom is 0.340 e. The Morgan fingerprint density at radius 2 is 1.65 bits per heavy atom. The monoisotopic (exact) mass is 487 g/mol. The Kier molecular flexibility index (Phi) is 8.41. The van der Waals surface area contributed by atoms with Crippen molar-refractivity contribution in [3.8, 4) is 0 Å². The van der Waals surface area contributed by atoms with Crippen LogP contribution in [0.3, 0.4) is 0 Å². The van der Waals surface area contributed by atoms with Gasteiger partial charge in [0, 0.05) is 25.8 Å². The van der Waals surface area contributed by atoms with Crippen LogP contribution in [-0.4, -0.2) is 68.7 Å². The fraction of sp³-hybridized carbons (Fsp3) is 0.375. The lowest BCUT2D eigenvalue weighted by molar-refractivity contribution is -0.136. The number of piperidine rings is 1. The van der Waals surface area contributed by atoms with Gasteiger partial charge in [0.25, 0.3) is 5.91 Å². The average molecular weight is 488 g/mol. The molecule has 0 aromatic heterocycles. The molecule has 0 unspecified atom stereocenters. The summed E-state index contributed by atoms with van der Waals surface area (Å²) in [5, 5.41) is 2.69. The molecule has 0 atom stereocenters. The molecule has 2 aromatic carbocycles. The van der Waals surface area contributed by atoms with Crippen molar-refractivity contribution in [1.29, 1.82) is 0 Å². The number of benzene rings is 2. The Labute approximate surface area is 199 Å². The van der Waals surface area contributed by atoms with Crippen LogP contribution in [0.15, 0.2) is 53.4 Å². The number of rotatable bonds is 8. The van der Waals surface area contributed by atoms with E-state index in [1.54, 1.807) is 18.2 Å². The van der Waals surface area contributed by atoms with Gasteiger partial charge in [-0.3, -0.25) is 9.59 Å². The first-order chi connectivity index (χ1) is 16.2. The van der Waals surface area contributed by atoms with Crippen LogP contribution >= 0.6 is 0 Å². The van der Waals surface area contributed by atoms with Gasteiger partial charge in [-0.1, -0.05) is 36.2 Å². The predicted octanol–water partition coefficient (Wildman–Crippen LogP) is 2.42. The third-order valence-corrected chi connectivity index (χ3v) is 7.47. The van der Waals surface area contributed by atoms with Crippen molar-refractivity contribution in [2.45, 2.75) is 31.1 Å². The van der Waals surface area contributed by atoms with Crippen molar-refractivity contribution in [3.63, 3.8) is 0 Å². The summed E-state index contributed by atoms with van der Waals surface area (Å²) in [4.78, 5) is 38.2. The maximum absolute atomic E-state index is 13.0. The molecule has 1 saturated heterocycles. The quantitative estimate of drug-likeness (QED) is 0.572. The molecule has 1 heterocycles. The molecule has 1 fully saturated rings. The first kappa shape index (κ1) is 25.4. The third kappa shape index (κ3) is 6.42. The summed E-state index contributed by atoms with van der Waals surface area (Å²) in [6.45, 7) is 1.88. The maximum atomic E-state index is 13.0. The molecule has 3 rings (SSSR count). The van der Waals surface area contributed by atoms with Gasteiger partial charge < -0.3 is 15.0 Å². The van der Waals surface area contributed by atoms with Crippen molar-refractivity contribution in [3.05, 3.63) is 59.7 Å². The van der Waals surface area contributed by atoms with E-state index in [9.17, 15) is 22.8 Å². The molecule has 1 aliphatic rings. The van der Waals surface area contributed by atoms with E-state index < -0.39 is 34.4 Å². The van der Waals surface area contributed by atoms with E-state index in [2.05, 4.69) is 5.32 Å². The SMILES string of the molecule is Cc1ccc(NC(=O)CN(C)C(=O)COC(=O)c2ccccc2S(=O)(=O)N2CCCCC2)cc1. The molecule has 0 spiro atoms. The van der Waals surface area contributed by atoms with Crippen molar-refractivity contribution >= 4 is 33.5 Å². The first-order valence-corrected chi connectivity index (χ1v) is 12.5. The van der Waals surface area contributed by atoms with Gasteiger partial charge in [-0.15, -0.1) is 0 Å². The molecule has 0 aliphatic carbocycles. The van der Waals surface area contributed by atoms with Crippen LogP contribution in [0.1, 0.15) is 35.2 Å². The number of anilines is 1. The fourth-order valence-electron chi connectivity index (χ4n) is 3.56. The number of carbonyl (C=O) groups excluding carboxylic acids is 3. The number of nitrogens with one attached hydrogen (secondary N) is 1. The lowest BCUT2D eigenvalue weighted by Crippen LogP contribution is -2.38. The number of hydrogen-bond acceptors (Lipinski definition) is 6. The summed E-state index contributed by atoms with van der Waals surface area (Å²) in [6, 6.07) is 13.0. The highest BCUT2D eigenvalue weighted by molar-refractivity contribution is 7.89. The van der Waals surface area contributed by atoms with Crippen molar-refractivity contribution in [1.82, 2.24) is 9.21 Å². The first-order valence-electron chi connectivity index (χ1n) is 11.1. The molecule has 182 valence electrons. The zero-order chi connectivity index (χ0) is 24.7. The summed E-state index contributed by atoms with van der Waals surface area (Å²) >= 11 is 0. The summed E-state index contributed by atoms with van der Waals surface area (Å²) in [5.74, 6) is -1.91. The van der Waals surface area contributed by atoms with Crippen LogP contribution in [0, 0.1) is 6.92 Å². The second-order valence-electron chi connectivity index (χ2n) is 8.20. The number of aryl methyl sites for hydroxylation is 1. The zero-order valence-electron chi connectivity index (χ0n) is 19.3. The molecule has 0 bridgehead atoms. The lowest BCUT2D eigenvalue weighted by atomic mass is 10.2. The molecule has 2 amide bonds. The Morgan fingerprint density at radius 3 is 2.32 bits per heavy atom. The number of carbonyl (C=O) groups is 3. The Balaban J connectivity index is 1.58. The number of sulfonamides is 1. The Bertz CT molecular complexity index is 1140. The fourth-order valence-corrected chi connectivity index (χ4v) is 5.26. The van der Waals surface area contributed by atoms with Gasteiger partial charge in [-0.05, 0) is 44.0 Å². The second kappa shape index (κ2) is 11.3. The Hall–Kier alpha value is -3.24. The largest absolute Gasteiger partial charge is 0.452 e. The van der Waals surface area contributed by atoms with Gasteiger partial charge in [0.1, 0.15) is 0 Å². The molecule has 2 aromatic rings. The van der Waals surface area contributed by atoms with E-state index in [0.717, 1.165) is 29.7 Å². The van der Waals surface area contributed by atoms with Crippen LogP contribution in [0.4, 0.5) is 5.69 Å². The summed E-state index contributed by atoms with van der Waals surface area (Å²) in [5.41, 5.74) is 1.53. The van der Waals surface area contributed by atoms with Gasteiger partial charge >= 0.3 is 5.97 Å². The van der Waals surface area contributed by atoms with E-state index in [4.69, 9.17) is 4.74 Å². The highest BCUT2D eigenvalue weighted by Crippen LogP contribution is 2.24. The van der Waals surface area contributed by atoms with Crippen LogP contribution in [-0.2, 0) is 24.3 Å². The minimum atomic E-state index is -3.86. The lowest BCUT2D eigenvalue weighted by Gasteiger charge is -2.26. The van der Waals surface area contributed by atoms with Gasteiger partial charge in [0.15, 0.2) is 6.61 Å². The normalized spacial score (nSPS) is 14.3. The summed E-state index contributed by atoms with van der Waals surface area (Å²) in [7, 11) is -2.44. The molecular weight excluding hydrogens is 458 g/mol. The molecule has 1 aliphatic heterocycles. The summed E-state index contributed by atoms with van der Waals surface area (Å²) in [6.07, 6.45) is 2.50.